The number of anilines is 1. The molecule has 6 aliphatic rings. The number of carbonyl (C=O) groups excluding carboxylic acids is 1. The third-order valence-electron chi connectivity index (χ3n) is 9.48. The van der Waals surface area contributed by atoms with Gasteiger partial charge < -0.3 is 10.8 Å². The number of nitrogen functional groups attached to an aromatic ring is 1. The maximum atomic E-state index is 11.7. The van der Waals surface area contributed by atoms with Crippen molar-refractivity contribution in [2.45, 2.75) is 121 Å². The highest BCUT2D eigenvalue weighted by Gasteiger charge is 2.45. The van der Waals surface area contributed by atoms with Gasteiger partial charge in [-0.1, -0.05) is 51.4 Å². The van der Waals surface area contributed by atoms with Crippen LogP contribution in [0.3, 0.4) is 0 Å². The van der Waals surface area contributed by atoms with Crippen molar-refractivity contribution in [1.82, 2.24) is 14.8 Å². The van der Waals surface area contributed by atoms with Crippen LogP contribution < -0.4 is 5.73 Å². The van der Waals surface area contributed by atoms with Gasteiger partial charge in [-0.05, 0) is 51.4 Å². The van der Waals surface area contributed by atoms with Gasteiger partial charge in [0, 0.05) is 24.0 Å². The number of amidine groups is 1. The Hall–Kier alpha value is -2.64. The summed E-state index contributed by atoms with van der Waals surface area (Å²) in [6.07, 6.45) is 21.2. The molecule has 7 rings (SSSR count). The maximum absolute atomic E-state index is 11.7. The van der Waals surface area contributed by atoms with Gasteiger partial charge in [-0.15, -0.1) is 0 Å². The number of aliphatic imine (C=N–C) groups is 1. The summed E-state index contributed by atoms with van der Waals surface area (Å²) in [6.45, 7) is 0. The van der Waals surface area contributed by atoms with Crippen LogP contribution in [0.25, 0.3) is 0 Å². The summed E-state index contributed by atoms with van der Waals surface area (Å²) in [5.74, 6) is 2.24. The van der Waals surface area contributed by atoms with Gasteiger partial charge in [-0.25, -0.2) is 9.69 Å². The number of fused-ring (bicyclic) bond motifs is 1. The highest BCUT2D eigenvalue weighted by atomic mass is 16.3. The Kier molecular flexibility index (Phi) is 7.08. The third-order valence-corrected chi connectivity index (χ3v) is 9.48. The van der Waals surface area contributed by atoms with E-state index in [-0.39, 0.29) is 17.6 Å². The Morgan fingerprint density at radius 2 is 1.43 bits per heavy atom. The number of nitrogens with two attached hydrogens (primary N) is 1. The lowest BCUT2D eigenvalue weighted by atomic mass is 9.76. The smallest absolute Gasteiger partial charge is 0.274 e. The molecule has 1 unspecified atom stereocenters. The Balaban J connectivity index is 0.000000141. The quantitative estimate of drug-likeness (QED) is 0.518. The molecular formula is C29H42N6O2. The lowest BCUT2D eigenvalue weighted by Gasteiger charge is -2.31. The van der Waals surface area contributed by atoms with Gasteiger partial charge >= 0.3 is 0 Å². The van der Waals surface area contributed by atoms with Crippen LogP contribution in [-0.4, -0.2) is 43.4 Å². The van der Waals surface area contributed by atoms with E-state index in [2.05, 4.69) is 15.7 Å². The van der Waals surface area contributed by atoms with Crippen molar-refractivity contribution in [1.29, 1.82) is 0 Å². The molecule has 1 atom stereocenters. The average molecular weight is 507 g/mol. The highest BCUT2D eigenvalue weighted by molar-refractivity contribution is 6.18. The molecule has 4 saturated carbocycles. The van der Waals surface area contributed by atoms with Crippen molar-refractivity contribution in [3.05, 3.63) is 23.6 Å². The van der Waals surface area contributed by atoms with E-state index >= 15 is 0 Å². The Morgan fingerprint density at radius 1 is 0.811 bits per heavy atom. The average Bonchev–Trinajstić information content (AvgIpc) is 3.39. The second kappa shape index (κ2) is 10.6. The van der Waals surface area contributed by atoms with E-state index in [1.165, 1.54) is 88.8 Å². The molecule has 3 N–H and O–H groups in total. The fourth-order valence-corrected chi connectivity index (χ4v) is 6.82. The molecule has 0 saturated heterocycles. The van der Waals surface area contributed by atoms with Crippen LogP contribution in [0.1, 0.15) is 120 Å². The number of aromatic nitrogens is 2. The molecule has 4 aliphatic carbocycles. The van der Waals surface area contributed by atoms with E-state index in [1.807, 2.05) is 5.01 Å². The number of nitrogens with zero attached hydrogens (tertiary/aromatic N) is 5. The monoisotopic (exact) mass is 506 g/mol. The van der Waals surface area contributed by atoms with Crippen molar-refractivity contribution < 1.29 is 9.90 Å². The molecule has 0 spiro atoms. The number of aliphatic hydroxyl groups is 1. The first-order chi connectivity index (χ1) is 18.1. The molecule has 0 radical (unpaired) electrons. The van der Waals surface area contributed by atoms with Gasteiger partial charge in [-0.2, -0.15) is 15.2 Å². The number of carbonyl (C=O) groups is 1. The molecule has 8 heteroatoms. The predicted molar refractivity (Wildman–Crippen MR) is 145 cm³/mol. The van der Waals surface area contributed by atoms with Gasteiger partial charge in [0.2, 0.25) is 0 Å². The summed E-state index contributed by atoms with van der Waals surface area (Å²) in [6, 6.07) is 3.03. The van der Waals surface area contributed by atoms with Crippen molar-refractivity contribution in [3.63, 3.8) is 0 Å². The lowest BCUT2D eigenvalue weighted by Crippen LogP contribution is -2.40. The maximum Gasteiger partial charge on any atom is 0.274 e. The first-order valence-electron chi connectivity index (χ1n) is 14.8. The van der Waals surface area contributed by atoms with E-state index in [1.54, 1.807) is 0 Å². The standard InChI is InChI=1S/C16H21N3O2.C13H21N3/c20-12-9-13(21)17-16-14(12)15(10-5-4-6-10)18-19(16)11-7-2-1-3-8-11;14-13-9-12(10-5-4-6-10)15-16(13)11-7-2-1-3-8-11/h9-11,14,20H,1-8H2;9-11H,1-8,14H2. The van der Waals surface area contributed by atoms with Crippen LogP contribution >= 0.6 is 0 Å². The summed E-state index contributed by atoms with van der Waals surface area (Å²) < 4.78 is 2.10. The predicted octanol–water partition coefficient (Wildman–Crippen LogP) is 6.03. The molecule has 200 valence electrons. The Bertz CT molecular complexity index is 1080. The second-order valence-corrected chi connectivity index (χ2v) is 12.0. The molecule has 1 amide bonds. The van der Waals surface area contributed by atoms with Crippen molar-refractivity contribution in [3.8, 4) is 0 Å². The number of amides is 1. The number of hydrogen-bond donors (Lipinski definition) is 2. The van der Waals surface area contributed by atoms with Crippen molar-refractivity contribution in [2.24, 2.45) is 21.9 Å². The van der Waals surface area contributed by atoms with E-state index in [0.717, 1.165) is 37.2 Å². The summed E-state index contributed by atoms with van der Waals surface area (Å²) in [4.78, 5) is 15.9. The van der Waals surface area contributed by atoms with Crippen molar-refractivity contribution >= 4 is 23.3 Å². The van der Waals surface area contributed by atoms with Gasteiger partial charge in [0.1, 0.15) is 23.3 Å². The summed E-state index contributed by atoms with van der Waals surface area (Å²) >= 11 is 0. The summed E-state index contributed by atoms with van der Waals surface area (Å²) in [5.41, 5.74) is 8.37. The first-order valence-corrected chi connectivity index (χ1v) is 14.8. The van der Waals surface area contributed by atoms with Gasteiger partial charge in [-0.3, -0.25) is 4.79 Å². The zero-order valence-electron chi connectivity index (χ0n) is 22.0. The Labute approximate surface area is 220 Å². The topological polar surface area (TPSA) is 109 Å². The minimum atomic E-state index is -0.357. The van der Waals surface area contributed by atoms with Crippen LogP contribution in [0, 0.1) is 11.8 Å². The van der Waals surface area contributed by atoms with Gasteiger partial charge in [0.25, 0.3) is 5.91 Å². The minimum absolute atomic E-state index is 0.133. The molecule has 1 aromatic rings. The zero-order chi connectivity index (χ0) is 25.4. The highest BCUT2D eigenvalue weighted by Crippen LogP contribution is 2.40. The number of dihydropyridines is 1. The molecule has 8 nitrogen and oxygen atoms in total. The van der Waals surface area contributed by atoms with Crippen LogP contribution in [0.2, 0.25) is 0 Å². The van der Waals surface area contributed by atoms with Crippen LogP contribution in [0.4, 0.5) is 5.82 Å². The Morgan fingerprint density at radius 3 is 2.03 bits per heavy atom. The number of hydrogen-bond acceptors (Lipinski definition) is 6. The van der Waals surface area contributed by atoms with E-state index in [4.69, 9.17) is 15.9 Å². The van der Waals surface area contributed by atoms with Crippen LogP contribution in [0.5, 0.6) is 0 Å². The van der Waals surface area contributed by atoms with Gasteiger partial charge in [0.15, 0.2) is 0 Å². The fraction of sp³-hybridized carbons (Fsp3) is 0.724. The number of rotatable bonds is 4. The lowest BCUT2D eigenvalue weighted by molar-refractivity contribution is -0.113. The third kappa shape index (κ3) is 4.96. The largest absolute Gasteiger partial charge is 0.511 e. The zero-order valence-corrected chi connectivity index (χ0v) is 22.0. The van der Waals surface area contributed by atoms with E-state index in [0.29, 0.717) is 29.8 Å². The first kappa shape index (κ1) is 24.7. The second-order valence-electron chi connectivity index (χ2n) is 12.0. The number of aliphatic hydroxyl groups excluding tert-OH is 1. The summed E-state index contributed by atoms with van der Waals surface area (Å²) in [5, 5.41) is 21.8. The van der Waals surface area contributed by atoms with E-state index < -0.39 is 0 Å². The normalized spacial score (nSPS) is 27.4. The van der Waals surface area contributed by atoms with Gasteiger partial charge in [0.05, 0.1) is 23.5 Å². The SMILES string of the molecule is Nc1cc(C2CCC2)nn1C1CCCCC1.O=C1C=C(O)C2C(C3CCC3)=NN(C3CCCCC3)C2=N1. The molecule has 3 heterocycles. The van der Waals surface area contributed by atoms with E-state index in [9.17, 15) is 9.90 Å². The molecule has 4 fully saturated rings. The molecule has 37 heavy (non-hydrogen) atoms. The molecule has 0 aromatic carbocycles. The fourth-order valence-electron chi connectivity index (χ4n) is 6.82. The summed E-state index contributed by atoms with van der Waals surface area (Å²) in [7, 11) is 0. The van der Waals surface area contributed by atoms with Crippen LogP contribution in [-0.2, 0) is 4.79 Å². The van der Waals surface area contributed by atoms with Crippen LogP contribution in [0.15, 0.2) is 28.0 Å². The molecule has 1 aromatic heterocycles. The molecule has 0 bridgehead atoms. The minimum Gasteiger partial charge on any atom is -0.511 e. The molecule has 2 aliphatic heterocycles. The van der Waals surface area contributed by atoms with Crippen molar-refractivity contribution in [2.75, 3.05) is 5.73 Å². The number of hydrazone groups is 1. The molecular weight excluding hydrogens is 464 g/mol.